The van der Waals surface area contributed by atoms with Gasteiger partial charge in [-0.25, -0.2) is 0 Å². The van der Waals surface area contributed by atoms with Crippen LogP contribution < -0.4 is 5.73 Å². The van der Waals surface area contributed by atoms with E-state index in [4.69, 9.17) is 10.8 Å². The van der Waals surface area contributed by atoms with E-state index in [0.717, 1.165) is 32.2 Å². The van der Waals surface area contributed by atoms with Crippen LogP contribution in [0.2, 0.25) is 0 Å². The zero-order valence-corrected chi connectivity index (χ0v) is 11.1. The van der Waals surface area contributed by atoms with Crippen LogP contribution in [0.1, 0.15) is 39.0 Å². The first kappa shape index (κ1) is 15.0. The number of likely N-dealkylation sites (tertiary alicyclic amines) is 1. The normalized spacial score (nSPS) is 17.3. The van der Waals surface area contributed by atoms with E-state index in [1.165, 1.54) is 0 Å². The van der Waals surface area contributed by atoms with Crippen molar-refractivity contribution in [3.63, 3.8) is 0 Å². The van der Waals surface area contributed by atoms with Crippen molar-refractivity contribution in [1.29, 1.82) is 0 Å². The molecule has 0 aromatic heterocycles. The molecule has 0 saturated carbocycles. The highest BCUT2D eigenvalue weighted by molar-refractivity contribution is 5.77. The predicted octanol–water partition coefficient (Wildman–Crippen LogP) is 1.07. The number of nitrogens with zero attached hydrogens (tertiary/aromatic N) is 1. The molecule has 104 valence electrons. The molecular formula is C13H24N2O3. The highest BCUT2D eigenvalue weighted by Gasteiger charge is 2.36. The second-order valence-corrected chi connectivity index (χ2v) is 5.14. The SMILES string of the molecule is CC(C(=O)O)C1CN(C(=O)CCCCCCN)C1. The second-order valence-electron chi connectivity index (χ2n) is 5.14. The van der Waals surface area contributed by atoms with Gasteiger partial charge in [-0.15, -0.1) is 0 Å². The smallest absolute Gasteiger partial charge is 0.306 e. The van der Waals surface area contributed by atoms with Gasteiger partial charge in [0.15, 0.2) is 0 Å². The Morgan fingerprint density at radius 1 is 1.28 bits per heavy atom. The van der Waals surface area contributed by atoms with Crippen LogP contribution in [0.15, 0.2) is 0 Å². The van der Waals surface area contributed by atoms with Crippen molar-refractivity contribution in [2.45, 2.75) is 39.0 Å². The van der Waals surface area contributed by atoms with Crippen molar-refractivity contribution in [1.82, 2.24) is 4.90 Å². The van der Waals surface area contributed by atoms with Crippen molar-refractivity contribution < 1.29 is 14.7 Å². The summed E-state index contributed by atoms with van der Waals surface area (Å²) < 4.78 is 0. The van der Waals surface area contributed by atoms with E-state index in [2.05, 4.69) is 0 Å². The Morgan fingerprint density at radius 2 is 1.89 bits per heavy atom. The summed E-state index contributed by atoms with van der Waals surface area (Å²) in [4.78, 5) is 24.3. The first-order valence-electron chi connectivity index (χ1n) is 6.77. The maximum atomic E-state index is 11.7. The maximum Gasteiger partial charge on any atom is 0.306 e. The van der Waals surface area contributed by atoms with Crippen LogP contribution in [0, 0.1) is 11.8 Å². The van der Waals surface area contributed by atoms with Crippen molar-refractivity contribution in [3.05, 3.63) is 0 Å². The molecule has 5 nitrogen and oxygen atoms in total. The van der Waals surface area contributed by atoms with Gasteiger partial charge in [0.1, 0.15) is 0 Å². The van der Waals surface area contributed by atoms with Crippen LogP contribution in [0.25, 0.3) is 0 Å². The van der Waals surface area contributed by atoms with Crippen LogP contribution in [-0.4, -0.2) is 41.5 Å². The number of unbranched alkanes of at least 4 members (excludes halogenated alkanes) is 3. The molecule has 1 rings (SSSR count). The number of carboxylic acid groups (broad SMARTS) is 1. The molecular weight excluding hydrogens is 232 g/mol. The summed E-state index contributed by atoms with van der Waals surface area (Å²) in [5.74, 6) is -0.826. The molecule has 1 aliphatic rings. The third kappa shape index (κ3) is 4.29. The largest absolute Gasteiger partial charge is 0.481 e. The van der Waals surface area contributed by atoms with Crippen LogP contribution >= 0.6 is 0 Å². The fourth-order valence-corrected chi connectivity index (χ4v) is 2.17. The van der Waals surface area contributed by atoms with Crippen molar-refractivity contribution in [2.75, 3.05) is 19.6 Å². The fourth-order valence-electron chi connectivity index (χ4n) is 2.17. The Bertz CT molecular complexity index is 288. The quantitative estimate of drug-likeness (QED) is 0.636. The van der Waals surface area contributed by atoms with Crippen LogP contribution in [0.3, 0.4) is 0 Å². The Hall–Kier alpha value is -1.10. The van der Waals surface area contributed by atoms with E-state index in [-0.39, 0.29) is 17.7 Å². The van der Waals surface area contributed by atoms with Gasteiger partial charge in [0.2, 0.25) is 5.91 Å². The zero-order valence-electron chi connectivity index (χ0n) is 11.1. The topological polar surface area (TPSA) is 83.6 Å². The minimum Gasteiger partial charge on any atom is -0.481 e. The number of hydrogen-bond acceptors (Lipinski definition) is 3. The summed E-state index contributed by atoms with van der Waals surface area (Å²) in [7, 11) is 0. The number of carbonyl (C=O) groups excluding carboxylic acids is 1. The average Bonchev–Trinajstić information content (AvgIpc) is 2.26. The molecule has 0 aromatic rings. The molecule has 0 radical (unpaired) electrons. The Balaban J connectivity index is 2.10. The second kappa shape index (κ2) is 7.36. The van der Waals surface area contributed by atoms with Gasteiger partial charge in [-0.3, -0.25) is 9.59 Å². The van der Waals surface area contributed by atoms with E-state index < -0.39 is 5.97 Å². The molecule has 1 saturated heterocycles. The lowest BCUT2D eigenvalue weighted by Crippen LogP contribution is -2.53. The summed E-state index contributed by atoms with van der Waals surface area (Å²) in [6.07, 6.45) is 4.65. The monoisotopic (exact) mass is 256 g/mol. The van der Waals surface area contributed by atoms with Crippen LogP contribution in [0.5, 0.6) is 0 Å². The van der Waals surface area contributed by atoms with E-state index >= 15 is 0 Å². The van der Waals surface area contributed by atoms with Crippen molar-refractivity contribution in [2.24, 2.45) is 17.6 Å². The molecule has 1 heterocycles. The minimum absolute atomic E-state index is 0.128. The Labute approximate surface area is 108 Å². The Kier molecular flexibility index (Phi) is 6.12. The third-order valence-corrected chi connectivity index (χ3v) is 3.70. The first-order chi connectivity index (χ1) is 8.56. The number of aliphatic carboxylic acids is 1. The minimum atomic E-state index is -0.770. The van der Waals surface area contributed by atoms with E-state index in [9.17, 15) is 9.59 Å². The molecule has 1 fully saturated rings. The molecule has 1 unspecified atom stereocenters. The van der Waals surface area contributed by atoms with Gasteiger partial charge in [0, 0.05) is 25.4 Å². The standard InChI is InChI=1S/C13H24N2O3/c1-10(13(17)18)11-8-15(9-11)12(16)6-4-2-3-5-7-14/h10-11H,2-9,14H2,1H3,(H,17,18). The lowest BCUT2D eigenvalue weighted by atomic mass is 9.87. The van der Waals surface area contributed by atoms with Gasteiger partial charge in [0.25, 0.3) is 0 Å². The zero-order chi connectivity index (χ0) is 13.5. The highest BCUT2D eigenvalue weighted by atomic mass is 16.4. The van der Waals surface area contributed by atoms with Crippen molar-refractivity contribution >= 4 is 11.9 Å². The molecule has 3 N–H and O–H groups in total. The average molecular weight is 256 g/mol. The molecule has 1 aliphatic heterocycles. The lowest BCUT2D eigenvalue weighted by molar-refractivity contribution is -0.150. The van der Waals surface area contributed by atoms with Gasteiger partial charge < -0.3 is 15.7 Å². The van der Waals surface area contributed by atoms with E-state index in [0.29, 0.717) is 19.5 Å². The summed E-state index contributed by atoms with van der Waals surface area (Å²) in [5, 5.41) is 8.85. The number of amides is 1. The first-order valence-corrected chi connectivity index (χ1v) is 6.77. The fraction of sp³-hybridized carbons (Fsp3) is 0.846. The van der Waals surface area contributed by atoms with Gasteiger partial charge in [-0.1, -0.05) is 19.8 Å². The van der Waals surface area contributed by atoms with Crippen LogP contribution in [0.4, 0.5) is 0 Å². The summed E-state index contributed by atoms with van der Waals surface area (Å²) in [5.41, 5.74) is 5.39. The van der Waals surface area contributed by atoms with Gasteiger partial charge in [0.05, 0.1) is 5.92 Å². The third-order valence-electron chi connectivity index (χ3n) is 3.70. The molecule has 0 bridgehead atoms. The number of hydrogen-bond donors (Lipinski definition) is 2. The van der Waals surface area contributed by atoms with Gasteiger partial charge >= 0.3 is 5.97 Å². The maximum absolute atomic E-state index is 11.7. The number of rotatable bonds is 8. The molecule has 0 aromatic carbocycles. The van der Waals surface area contributed by atoms with E-state index in [1.807, 2.05) is 0 Å². The molecule has 18 heavy (non-hydrogen) atoms. The summed E-state index contributed by atoms with van der Waals surface area (Å²) >= 11 is 0. The molecule has 1 amide bonds. The molecule has 0 aliphatic carbocycles. The summed E-state index contributed by atoms with van der Waals surface area (Å²) in [6.45, 7) is 3.64. The van der Waals surface area contributed by atoms with Gasteiger partial charge in [-0.05, 0) is 19.4 Å². The number of nitrogens with two attached hydrogens (primary N) is 1. The Morgan fingerprint density at radius 3 is 2.44 bits per heavy atom. The molecule has 1 atom stereocenters. The number of carbonyl (C=O) groups is 2. The highest BCUT2D eigenvalue weighted by Crippen LogP contribution is 2.25. The predicted molar refractivity (Wildman–Crippen MR) is 69.0 cm³/mol. The van der Waals surface area contributed by atoms with Crippen LogP contribution in [-0.2, 0) is 9.59 Å². The molecule has 0 spiro atoms. The van der Waals surface area contributed by atoms with Crippen molar-refractivity contribution in [3.8, 4) is 0 Å². The van der Waals surface area contributed by atoms with E-state index in [1.54, 1.807) is 11.8 Å². The number of carboxylic acids is 1. The van der Waals surface area contributed by atoms with Gasteiger partial charge in [-0.2, -0.15) is 0 Å². The lowest BCUT2D eigenvalue weighted by Gasteiger charge is -2.41. The summed E-state index contributed by atoms with van der Waals surface area (Å²) in [6, 6.07) is 0. The molecule has 5 heteroatoms.